The average Bonchev–Trinajstić information content (AvgIpc) is 3.12. The van der Waals surface area contributed by atoms with Gasteiger partial charge in [0, 0.05) is 24.1 Å². The predicted molar refractivity (Wildman–Crippen MR) is 84.1 cm³/mol. The molecule has 0 bridgehead atoms. The van der Waals surface area contributed by atoms with Gasteiger partial charge in [0.2, 0.25) is 0 Å². The van der Waals surface area contributed by atoms with Gasteiger partial charge in [0.05, 0.1) is 12.2 Å². The van der Waals surface area contributed by atoms with E-state index in [2.05, 4.69) is 10.6 Å². The maximum atomic E-state index is 12.0. The van der Waals surface area contributed by atoms with E-state index in [1.165, 1.54) is 0 Å². The zero-order valence-electron chi connectivity index (χ0n) is 13.0. The molecule has 1 heterocycles. The van der Waals surface area contributed by atoms with Gasteiger partial charge in [-0.15, -0.1) is 0 Å². The van der Waals surface area contributed by atoms with Gasteiger partial charge in [0.15, 0.2) is 0 Å². The summed E-state index contributed by atoms with van der Waals surface area (Å²) in [6.07, 6.45) is 3.61. The monoisotopic (exact) mass is 304 g/mol. The molecule has 5 nitrogen and oxygen atoms in total. The molecule has 2 unspecified atom stereocenters. The van der Waals surface area contributed by atoms with Crippen LogP contribution in [0.1, 0.15) is 44.1 Å². The normalized spacial score (nSPS) is 23.5. The molecule has 3 N–H and O–H groups in total. The SMILES string of the molecule is CC(NC(=O)NCC1(O)CCCC1)C1COc2ccccc21. The molecular weight excluding hydrogens is 280 g/mol. The number of amides is 2. The summed E-state index contributed by atoms with van der Waals surface area (Å²) in [6.45, 7) is 2.90. The largest absolute Gasteiger partial charge is 0.493 e. The van der Waals surface area contributed by atoms with Crippen LogP contribution in [0.15, 0.2) is 24.3 Å². The van der Waals surface area contributed by atoms with Crippen molar-refractivity contribution in [2.45, 2.75) is 50.2 Å². The molecule has 1 aromatic rings. The molecule has 0 radical (unpaired) electrons. The summed E-state index contributed by atoms with van der Waals surface area (Å²) in [4.78, 5) is 12.0. The highest BCUT2D eigenvalue weighted by Gasteiger charge is 2.32. The van der Waals surface area contributed by atoms with Gasteiger partial charge in [-0.3, -0.25) is 0 Å². The van der Waals surface area contributed by atoms with E-state index in [1.54, 1.807) is 0 Å². The molecule has 22 heavy (non-hydrogen) atoms. The van der Waals surface area contributed by atoms with Crippen LogP contribution in [0.4, 0.5) is 4.79 Å². The first-order chi connectivity index (χ1) is 10.6. The third kappa shape index (κ3) is 3.19. The number of fused-ring (bicyclic) bond motifs is 1. The number of carbonyl (C=O) groups excluding carboxylic acids is 1. The van der Waals surface area contributed by atoms with Crippen molar-refractivity contribution in [3.05, 3.63) is 29.8 Å². The first kappa shape index (κ1) is 15.2. The molecule has 1 aliphatic carbocycles. The van der Waals surface area contributed by atoms with Crippen molar-refractivity contribution in [3.63, 3.8) is 0 Å². The first-order valence-electron chi connectivity index (χ1n) is 8.06. The molecule has 2 atom stereocenters. The van der Waals surface area contributed by atoms with E-state index >= 15 is 0 Å². The van der Waals surface area contributed by atoms with Crippen LogP contribution in [0.25, 0.3) is 0 Å². The van der Waals surface area contributed by atoms with Gasteiger partial charge in [0.1, 0.15) is 5.75 Å². The fourth-order valence-corrected chi connectivity index (χ4v) is 3.41. The van der Waals surface area contributed by atoms with Crippen LogP contribution >= 0.6 is 0 Å². The lowest BCUT2D eigenvalue weighted by Gasteiger charge is -2.24. The van der Waals surface area contributed by atoms with Crippen molar-refractivity contribution in [1.82, 2.24) is 10.6 Å². The Balaban J connectivity index is 1.51. The molecule has 2 aliphatic rings. The number of ether oxygens (including phenoxy) is 1. The Morgan fingerprint density at radius 1 is 1.41 bits per heavy atom. The predicted octanol–water partition coefficient (Wildman–Crippen LogP) is 2.16. The number of benzene rings is 1. The van der Waals surface area contributed by atoms with Gasteiger partial charge in [-0.2, -0.15) is 0 Å². The van der Waals surface area contributed by atoms with Gasteiger partial charge in [-0.25, -0.2) is 4.79 Å². The summed E-state index contributed by atoms with van der Waals surface area (Å²) in [5.41, 5.74) is 0.425. The van der Waals surface area contributed by atoms with Crippen molar-refractivity contribution in [2.24, 2.45) is 0 Å². The molecule has 0 aromatic heterocycles. The number of aliphatic hydroxyl groups is 1. The van der Waals surface area contributed by atoms with Gasteiger partial charge in [-0.05, 0) is 25.8 Å². The number of rotatable bonds is 4. The van der Waals surface area contributed by atoms with Crippen molar-refractivity contribution in [2.75, 3.05) is 13.2 Å². The second kappa shape index (κ2) is 6.16. The highest BCUT2D eigenvalue weighted by atomic mass is 16.5. The highest BCUT2D eigenvalue weighted by Crippen LogP contribution is 2.35. The second-order valence-corrected chi connectivity index (χ2v) is 6.50. The highest BCUT2D eigenvalue weighted by molar-refractivity contribution is 5.74. The van der Waals surface area contributed by atoms with E-state index in [9.17, 15) is 9.90 Å². The summed E-state index contributed by atoms with van der Waals surface area (Å²) in [5.74, 6) is 1.07. The van der Waals surface area contributed by atoms with Crippen LogP contribution in [0.5, 0.6) is 5.75 Å². The van der Waals surface area contributed by atoms with Crippen molar-refractivity contribution in [3.8, 4) is 5.75 Å². The molecule has 5 heteroatoms. The fourth-order valence-electron chi connectivity index (χ4n) is 3.41. The van der Waals surface area contributed by atoms with Crippen LogP contribution in [0.3, 0.4) is 0 Å². The van der Waals surface area contributed by atoms with E-state index in [1.807, 2.05) is 31.2 Å². The molecule has 3 rings (SSSR count). The minimum atomic E-state index is -0.719. The molecule has 2 amide bonds. The average molecular weight is 304 g/mol. The topological polar surface area (TPSA) is 70.6 Å². The molecular formula is C17H24N2O3. The second-order valence-electron chi connectivity index (χ2n) is 6.50. The maximum Gasteiger partial charge on any atom is 0.315 e. The standard InChI is InChI=1S/C17H24N2O3/c1-12(14-10-22-15-7-3-2-6-13(14)15)19-16(20)18-11-17(21)8-4-5-9-17/h2-3,6-7,12,14,21H,4-5,8-11H2,1H3,(H2,18,19,20). The van der Waals surface area contributed by atoms with E-state index in [0.717, 1.165) is 37.0 Å². The van der Waals surface area contributed by atoms with Gasteiger partial charge in [0.25, 0.3) is 0 Å². The number of para-hydroxylation sites is 1. The quantitative estimate of drug-likeness (QED) is 0.798. The lowest BCUT2D eigenvalue weighted by Crippen LogP contribution is -2.48. The molecule has 120 valence electrons. The summed E-state index contributed by atoms with van der Waals surface area (Å²) in [6, 6.07) is 7.69. The van der Waals surface area contributed by atoms with Gasteiger partial charge < -0.3 is 20.5 Å². The van der Waals surface area contributed by atoms with E-state index in [0.29, 0.717) is 13.2 Å². The molecule has 1 aliphatic heterocycles. The molecule has 1 fully saturated rings. The fraction of sp³-hybridized carbons (Fsp3) is 0.588. The van der Waals surface area contributed by atoms with Crippen LogP contribution in [0, 0.1) is 0 Å². The van der Waals surface area contributed by atoms with Gasteiger partial charge in [-0.1, -0.05) is 31.0 Å². The summed E-state index contributed by atoms with van der Waals surface area (Å²) in [5, 5.41) is 16.0. The Morgan fingerprint density at radius 3 is 2.91 bits per heavy atom. The molecule has 1 saturated carbocycles. The number of urea groups is 1. The summed E-state index contributed by atoms with van der Waals surface area (Å²) in [7, 11) is 0. The molecule has 1 aromatic carbocycles. The van der Waals surface area contributed by atoms with Gasteiger partial charge >= 0.3 is 6.03 Å². The Bertz CT molecular complexity index is 540. The smallest absolute Gasteiger partial charge is 0.315 e. The lowest BCUT2D eigenvalue weighted by molar-refractivity contribution is 0.0500. The number of hydrogen-bond donors (Lipinski definition) is 3. The number of hydrogen-bond acceptors (Lipinski definition) is 3. The van der Waals surface area contributed by atoms with Crippen LogP contribution in [0.2, 0.25) is 0 Å². The number of carbonyl (C=O) groups is 1. The van der Waals surface area contributed by atoms with Crippen LogP contribution in [-0.4, -0.2) is 35.9 Å². The third-order valence-corrected chi connectivity index (χ3v) is 4.81. The lowest BCUT2D eigenvalue weighted by atomic mass is 9.94. The van der Waals surface area contributed by atoms with Crippen molar-refractivity contribution < 1.29 is 14.6 Å². The van der Waals surface area contributed by atoms with E-state index < -0.39 is 5.60 Å². The maximum absolute atomic E-state index is 12.0. The Kier molecular flexibility index (Phi) is 4.25. The molecule has 0 saturated heterocycles. The van der Waals surface area contributed by atoms with E-state index in [4.69, 9.17) is 4.74 Å². The van der Waals surface area contributed by atoms with Crippen molar-refractivity contribution >= 4 is 6.03 Å². The Labute approximate surface area is 131 Å². The first-order valence-corrected chi connectivity index (χ1v) is 8.06. The Morgan fingerprint density at radius 2 is 2.14 bits per heavy atom. The van der Waals surface area contributed by atoms with E-state index in [-0.39, 0.29) is 18.0 Å². The third-order valence-electron chi connectivity index (χ3n) is 4.81. The Hall–Kier alpha value is -1.75. The van der Waals surface area contributed by atoms with Crippen LogP contribution < -0.4 is 15.4 Å². The minimum Gasteiger partial charge on any atom is -0.493 e. The summed E-state index contributed by atoms with van der Waals surface area (Å²) < 4.78 is 5.66. The number of nitrogens with one attached hydrogen (secondary N) is 2. The van der Waals surface area contributed by atoms with Crippen molar-refractivity contribution in [1.29, 1.82) is 0 Å². The minimum absolute atomic E-state index is 0.0260. The molecule has 0 spiro atoms. The summed E-state index contributed by atoms with van der Waals surface area (Å²) >= 11 is 0. The zero-order valence-corrected chi connectivity index (χ0v) is 13.0. The zero-order chi connectivity index (χ0) is 15.6. The van der Waals surface area contributed by atoms with Crippen LogP contribution in [-0.2, 0) is 0 Å².